The van der Waals surface area contributed by atoms with Crippen LogP contribution in [0, 0.1) is 6.92 Å². The summed E-state index contributed by atoms with van der Waals surface area (Å²) in [5.41, 5.74) is 2.28. The van der Waals surface area contributed by atoms with E-state index in [0.29, 0.717) is 18.2 Å². The number of hydrogen-bond donors (Lipinski definition) is 1. The molecular formula is C18H26N2O3. The maximum absolute atomic E-state index is 12.7. The Hall–Kier alpha value is -1.88. The van der Waals surface area contributed by atoms with E-state index in [0.717, 1.165) is 30.6 Å². The zero-order valence-electron chi connectivity index (χ0n) is 14.2. The van der Waals surface area contributed by atoms with Gasteiger partial charge in [-0.25, -0.2) is 0 Å². The summed E-state index contributed by atoms with van der Waals surface area (Å²) in [4.78, 5) is 26.3. The molecule has 23 heavy (non-hydrogen) atoms. The third-order valence-electron chi connectivity index (χ3n) is 4.25. The molecule has 1 N–H and O–H groups in total. The number of ether oxygens (including phenoxy) is 1. The summed E-state index contributed by atoms with van der Waals surface area (Å²) < 4.78 is 5.09. The number of aryl methyl sites for hydroxylation is 1. The van der Waals surface area contributed by atoms with Crippen molar-refractivity contribution in [2.75, 3.05) is 25.1 Å². The van der Waals surface area contributed by atoms with Crippen molar-refractivity contribution >= 4 is 17.5 Å². The Bertz CT molecular complexity index is 571. The average Bonchev–Trinajstić information content (AvgIpc) is 2.54. The van der Waals surface area contributed by atoms with Crippen LogP contribution in [0.5, 0.6) is 0 Å². The summed E-state index contributed by atoms with van der Waals surface area (Å²) in [7, 11) is 0. The SMILES string of the molecule is CCOCC(=O)Nc1ccc(C(=O)N2CCCCC2C)cc1C. The van der Waals surface area contributed by atoms with Gasteiger partial charge < -0.3 is 15.0 Å². The van der Waals surface area contributed by atoms with Gasteiger partial charge in [-0.3, -0.25) is 9.59 Å². The standard InChI is InChI=1S/C18H26N2O3/c1-4-23-12-17(21)19-16-9-8-15(11-13(16)2)18(22)20-10-6-5-7-14(20)3/h8-9,11,14H,4-7,10,12H2,1-3H3,(H,19,21). The number of likely N-dealkylation sites (tertiary alicyclic amines) is 1. The molecule has 0 bridgehead atoms. The highest BCUT2D eigenvalue weighted by molar-refractivity contribution is 5.97. The number of carbonyl (C=O) groups excluding carboxylic acids is 2. The molecule has 126 valence electrons. The van der Waals surface area contributed by atoms with Gasteiger partial charge in [0.2, 0.25) is 5.91 Å². The Morgan fingerprint density at radius 3 is 2.78 bits per heavy atom. The molecule has 1 unspecified atom stereocenters. The van der Waals surface area contributed by atoms with E-state index >= 15 is 0 Å². The molecule has 1 aliphatic heterocycles. The zero-order valence-corrected chi connectivity index (χ0v) is 14.2. The lowest BCUT2D eigenvalue weighted by Crippen LogP contribution is -2.42. The molecule has 0 spiro atoms. The molecule has 0 radical (unpaired) electrons. The first-order chi connectivity index (χ1) is 11.0. The average molecular weight is 318 g/mol. The molecule has 1 aliphatic rings. The third-order valence-corrected chi connectivity index (χ3v) is 4.25. The second-order valence-electron chi connectivity index (χ2n) is 6.06. The summed E-state index contributed by atoms with van der Waals surface area (Å²) in [5.74, 6) is -0.105. The Labute approximate surface area is 138 Å². The zero-order chi connectivity index (χ0) is 16.8. The summed E-state index contributed by atoms with van der Waals surface area (Å²) in [6.45, 7) is 7.22. The quantitative estimate of drug-likeness (QED) is 0.908. The maximum Gasteiger partial charge on any atom is 0.254 e. The Balaban J connectivity index is 2.06. The number of piperidine rings is 1. The van der Waals surface area contributed by atoms with E-state index in [2.05, 4.69) is 12.2 Å². The molecule has 2 rings (SSSR count). The van der Waals surface area contributed by atoms with Crippen LogP contribution in [-0.4, -0.2) is 42.5 Å². The van der Waals surface area contributed by atoms with Crippen LogP contribution in [0.2, 0.25) is 0 Å². The number of nitrogens with one attached hydrogen (secondary N) is 1. The Kier molecular flexibility index (Phi) is 6.16. The fourth-order valence-corrected chi connectivity index (χ4v) is 2.88. The maximum atomic E-state index is 12.7. The summed E-state index contributed by atoms with van der Waals surface area (Å²) in [6, 6.07) is 5.72. The molecule has 1 fully saturated rings. The van der Waals surface area contributed by atoms with Crippen LogP contribution >= 0.6 is 0 Å². The van der Waals surface area contributed by atoms with Crippen LogP contribution in [0.3, 0.4) is 0 Å². The fourth-order valence-electron chi connectivity index (χ4n) is 2.88. The van der Waals surface area contributed by atoms with E-state index in [1.807, 2.05) is 24.8 Å². The van der Waals surface area contributed by atoms with Gasteiger partial charge in [0.15, 0.2) is 0 Å². The molecule has 0 saturated carbocycles. The summed E-state index contributed by atoms with van der Waals surface area (Å²) in [6.07, 6.45) is 3.33. The third kappa shape index (κ3) is 4.55. The van der Waals surface area contributed by atoms with Crippen molar-refractivity contribution in [2.24, 2.45) is 0 Å². The molecule has 1 atom stereocenters. The minimum absolute atomic E-state index is 0.0436. The second kappa shape index (κ2) is 8.11. The van der Waals surface area contributed by atoms with Gasteiger partial charge in [-0.15, -0.1) is 0 Å². The molecule has 0 aliphatic carbocycles. The van der Waals surface area contributed by atoms with Crippen LogP contribution in [0.1, 0.15) is 49.0 Å². The highest BCUT2D eigenvalue weighted by atomic mass is 16.5. The first-order valence-electron chi connectivity index (χ1n) is 8.32. The minimum atomic E-state index is -0.182. The Morgan fingerprint density at radius 1 is 1.35 bits per heavy atom. The number of carbonyl (C=O) groups is 2. The molecule has 5 nitrogen and oxygen atoms in total. The van der Waals surface area contributed by atoms with Crippen molar-refractivity contribution < 1.29 is 14.3 Å². The first kappa shape index (κ1) is 17.5. The van der Waals surface area contributed by atoms with Crippen molar-refractivity contribution in [2.45, 2.75) is 46.1 Å². The van der Waals surface area contributed by atoms with Gasteiger partial charge in [0.1, 0.15) is 6.61 Å². The van der Waals surface area contributed by atoms with Gasteiger partial charge in [-0.1, -0.05) is 0 Å². The second-order valence-corrected chi connectivity index (χ2v) is 6.06. The lowest BCUT2D eigenvalue weighted by Gasteiger charge is -2.33. The van der Waals surface area contributed by atoms with Crippen LogP contribution in [0.4, 0.5) is 5.69 Å². The lowest BCUT2D eigenvalue weighted by atomic mass is 10.0. The lowest BCUT2D eigenvalue weighted by molar-refractivity contribution is -0.120. The van der Waals surface area contributed by atoms with Gasteiger partial charge in [0, 0.05) is 30.4 Å². The summed E-state index contributed by atoms with van der Waals surface area (Å²) >= 11 is 0. The molecule has 1 saturated heterocycles. The van der Waals surface area contributed by atoms with E-state index in [1.54, 1.807) is 12.1 Å². The van der Waals surface area contributed by atoms with E-state index < -0.39 is 0 Å². The van der Waals surface area contributed by atoms with Crippen LogP contribution in [0.25, 0.3) is 0 Å². The molecule has 1 aromatic rings. The fraction of sp³-hybridized carbons (Fsp3) is 0.556. The number of benzene rings is 1. The van der Waals surface area contributed by atoms with Gasteiger partial charge >= 0.3 is 0 Å². The van der Waals surface area contributed by atoms with Crippen molar-refractivity contribution in [1.29, 1.82) is 0 Å². The number of nitrogens with zero attached hydrogens (tertiary/aromatic N) is 1. The van der Waals surface area contributed by atoms with Crippen LogP contribution in [0.15, 0.2) is 18.2 Å². The molecule has 0 aromatic heterocycles. The van der Waals surface area contributed by atoms with Crippen molar-refractivity contribution in [3.8, 4) is 0 Å². The first-order valence-corrected chi connectivity index (χ1v) is 8.32. The van der Waals surface area contributed by atoms with E-state index in [9.17, 15) is 9.59 Å². The van der Waals surface area contributed by atoms with Gasteiger partial charge in [0.25, 0.3) is 5.91 Å². The van der Waals surface area contributed by atoms with E-state index in [1.165, 1.54) is 6.42 Å². The molecule has 1 heterocycles. The van der Waals surface area contributed by atoms with Gasteiger partial charge in [-0.2, -0.15) is 0 Å². The Morgan fingerprint density at radius 2 is 2.13 bits per heavy atom. The number of amides is 2. The van der Waals surface area contributed by atoms with E-state index in [-0.39, 0.29) is 18.4 Å². The summed E-state index contributed by atoms with van der Waals surface area (Å²) in [5, 5.41) is 2.81. The molecule has 2 amide bonds. The predicted octanol–water partition coefficient (Wildman–Crippen LogP) is 2.98. The molecule has 5 heteroatoms. The van der Waals surface area contributed by atoms with Crippen LogP contribution < -0.4 is 5.32 Å². The predicted molar refractivity (Wildman–Crippen MR) is 90.7 cm³/mol. The number of rotatable bonds is 5. The van der Waals surface area contributed by atoms with E-state index in [4.69, 9.17) is 4.74 Å². The molecular weight excluding hydrogens is 292 g/mol. The van der Waals surface area contributed by atoms with Gasteiger partial charge in [0.05, 0.1) is 0 Å². The van der Waals surface area contributed by atoms with Crippen molar-refractivity contribution in [3.05, 3.63) is 29.3 Å². The number of hydrogen-bond acceptors (Lipinski definition) is 3. The minimum Gasteiger partial charge on any atom is -0.372 e. The number of anilines is 1. The monoisotopic (exact) mass is 318 g/mol. The van der Waals surface area contributed by atoms with Gasteiger partial charge in [-0.05, 0) is 63.8 Å². The smallest absolute Gasteiger partial charge is 0.254 e. The topological polar surface area (TPSA) is 58.6 Å². The van der Waals surface area contributed by atoms with Crippen LogP contribution in [-0.2, 0) is 9.53 Å². The molecule has 1 aromatic carbocycles. The van der Waals surface area contributed by atoms with Crippen molar-refractivity contribution in [3.63, 3.8) is 0 Å². The highest BCUT2D eigenvalue weighted by Gasteiger charge is 2.24. The highest BCUT2D eigenvalue weighted by Crippen LogP contribution is 2.22. The largest absolute Gasteiger partial charge is 0.372 e. The van der Waals surface area contributed by atoms with Crippen molar-refractivity contribution in [1.82, 2.24) is 4.90 Å². The normalized spacial score (nSPS) is 17.9.